The highest BCUT2D eigenvalue weighted by Crippen LogP contribution is 2.39. The van der Waals surface area contributed by atoms with Crippen molar-refractivity contribution >= 4 is 29.6 Å². The Bertz CT molecular complexity index is 1190. The molecule has 0 amide bonds. The first kappa shape index (κ1) is 25.9. The summed E-state index contributed by atoms with van der Waals surface area (Å²) in [7, 11) is 0. The summed E-state index contributed by atoms with van der Waals surface area (Å²) in [5, 5.41) is 20.0. The molecule has 0 aromatic heterocycles. The van der Waals surface area contributed by atoms with Crippen LogP contribution in [0.1, 0.15) is 46.9 Å². The van der Waals surface area contributed by atoms with Crippen LogP contribution in [0.25, 0.3) is 6.08 Å². The number of benzene rings is 2. The smallest absolute Gasteiger partial charge is 0.491 e. The lowest BCUT2D eigenvalue weighted by atomic mass is 10.0. The zero-order chi connectivity index (χ0) is 25.6. The summed E-state index contributed by atoms with van der Waals surface area (Å²) in [5.74, 6) is -5.55. The second-order valence-electron chi connectivity index (χ2n) is 7.44. The van der Waals surface area contributed by atoms with Gasteiger partial charge in [-0.15, -0.1) is 0 Å². The summed E-state index contributed by atoms with van der Waals surface area (Å²) in [4.78, 5) is 24.6. The van der Waals surface area contributed by atoms with E-state index in [1.807, 2.05) is 6.08 Å². The van der Waals surface area contributed by atoms with Gasteiger partial charge in [-0.05, 0) is 30.6 Å². The molecule has 1 heterocycles. The molecule has 1 aliphatic rings. The van der Waals surface area contributed by atoms with Crippen molar-refractivity contribution in [3.63, 3.8) is 0 Å². The Labute approximate surface area is 203 Å². The molecule has 2 aromatic carbocycles. The van der Waals surface area contributed by atoms with Crippen molar-refractivity contribution in [2.75, 3.05) is 0 Å². The van der Waals surface area contributed by atoms with Gasteiger partial charge in [0.2, 0.25) is 0 Å². The van der Waals surface area contributed by atoms with Gasteiger partial charge < -0.3 is 19.7 Å². The number of carbonyl (C=O) groups is 2. The molecular weight excluding hydrogens is 489 g/mol. The number of carbonyl (C=O) groups excluding carboxylic acids is 2. The van der Waals surface area contributed by atoms with Crippen LogP contribution < -0.4 is 0 Å². The maximum atomic E-state index is 13.1. The number of hydrogen-bond donors (Lipinski definition) is 2. The van der Waals surface area contributed by atoms with E-state index in [9.17, 15) is 33.0 Å². The second kappa shape index (κ2) is 11.1. The Morgan fingerprint density at radius 2 is 1.74 bits per heavy atom. The third-order valence-corrected chi connectivity index (χ3v) is 5.31. The van der Waals surface area contributed by atoms with Crippen molar-refractivity contribution in [3.8, 4) is 11.5 Å². The van der Waals surface area contributed by atoms with Crippen LogP contribution in [0.2, 0.25) is 5.02 Å². The van der Waals surface area contributed by atoms with E-state index < -0.39 is 52.1 Å². The monoisotopic (exact) mass is 508 g/mol. The minimum absolute atomic E-state index is 0.311. The van der Waals surface area contributed by atoms with Gasteiger partial charge >= 0.3 is 18.1 Å². The van der Waals surface area contributed by atoms with E-state index in [4.69, 9.17) is 16.3 Å². The number of allylic oxidation sites excluding steroid dienone is 3. The molecule has 0 spiro atoms. The topological polar surface area (TPSA) is 93.1 Å². The van der Waals surface area contributed by atoms with Crippen molar-refractivity contribution in [2.45, 2.75) is 31.5 Å². The molecule has 0 saturated heterocycles. The predicted octanol–water partition coefficient (Wildman–Crippen LogP) is 6.39. The summed E-state index contributed by atoms with van der Waals surface area (Å²) in [5.41, 5.74) is -0.245. The van der Waals surface area contributed by atoms with Crippen molar-refractivity contribution < 1.29 is 42.4 Å². The van der Waals surface area contributed by atoms with E-state index in [1.165, 1.54) is 6.08 Å². The van der Waals surface area contributed by atoms with E-state index in [0.717, 1.165) is 18.2 Å². The minimum atomic E-state index is -5.29. The molecule has 10 heteroatoms. The molecule has 0 bridgehead atoms. The number of alkyl halides is 3. The first-order chi connectivity index (χ1) is 16.6. The Hall–Kier alpha value is -3.72. The fourth-order valence-electron chi connectivity index (χ4n) is 3.26. The molecule has 6 nitrogen and oxygen atoms in total. The van der Waals surface area contributed by atoms with Crippen molar-refractivity contribution in [1.82, 2.24) is 0 Å². The Balaban J connectivity index is 2.15. The zero-order valence-corrected chi connectivity index (χ0v) is 18.8. The lowest BCUT2D eigenvalue weighted by Gasteiger charge is -2.19. The molecule has 3 rings (SSSR count). The third-order valence-electron chi connectivity index (χ3n) is 4.91. The summed E-state index contributed by atoms with van der Waals surface area (Å²) in [6.07, 6.45) is 2.17. The highest BCUT2D eigenvalue weighted by atomic mass is 35.5. The molecule has 35 heavy (non-hydrogen) atoms. The van der Waals surface area contributed by atoms with Crippen LogP contribution in [0.5, 0.6) is 11.5 Å². The predicted molar refractivity (Wildman–Crippen MR) is 122 cm³/mol. The fourth-order valence-corrected chi connectivity index (χ4v) is 3.46. The largest absolute Gasteiger partial charge is 0.507 e. The maximum absolute atomic E-state index is 13.1. The molecule has 0 aliphatic carbocycles. The Kier molecular flexibility index (Phi) is 8.24. The number of ether oxygens (including phenoxy) is 2. The number of phenols is 2. The van der Waals surface area contributed by atoms with Crippen LogP contribution in [0.4, 0.5) is 13.2 Å². The van der Waals surface area contributed by atoms with Gasteiger partial charge in [-0.25, -0.2) is 9.59 Å². The van der Waals surface area contributed by atoms with Gasteiger partial charge in [0.15, 0.2) is 0 Å². The van der Waals surface area contributed by atoms with Gasteiger partial charge in [0.1, 0.15) is 28.9 Å². The molecule has 2 N–H and O–H groups in total. The average Bonchev–Trinajstić information content (AvgIpc) is 2.80. The zero-order valence-electron chi connectivity index (χ0n) is 18.1. The lowest BCUT2D eigenvalue weighted by Crippen LogP contribution is -2.24. The average molecular weight is 509 g/mol. The molecular formula is C25H20ClF3O6. The third kappa shape index (κ3) is 6.66. The minimum Gasteiger partial charge on any atom is -0.507 e. The van der Waals surface area contributed by atoms with E-state index in [2.05, 4.69) is 4.74 Å². The molecule has 0 unspecified atom stereocenters. The first-order valence-corrected chi connectivity index (χ1v) is 10.8. The van der Waals surface area contributed by atoms with E-state index in [0.29, 0.717) is 24.8 Å². The Morgan fingerprint density at radius 3 is 2.43 bits per heavy atom. The highest BCUT2D eigenvalue weighted by Gasteiger charge is 2.41. The van der Waals surface area contributed by atoms with Gasteiger partial charge in [0, 0.05) is 18.1 Å². The van der Waals surface area contributed by atoms with Crippen LogP contribution >= 0.6 is 11.6 Å². The molecule has 184 valence electrons. The molecule has 0 saturated carbocycles. The normalized spacial score (nSPS) is 20.4. The highest BCUT2D eigenvalue weighted by molar-refractivity contribution is 6.34. The Morgan fingerprint density at radius 1 is 1.06 bits per heavy atom. The summed E-state index contributed by atoms with van der Waals surface area (Å²) < 4.78 is 48.5. The lowest BCUT2D eigenvalue weighted by molar-refractivity contribution is -0.194. The molecule has 0 radical (unpaired) electrons. The van der Waals surface area contributed by atoms with Crippen LogP contribution in [-0.2, 0) is 14.3 Å². The van der Waals surface area contributed by atoms with Crippen molar-refractivity contribution in [2.24, 2.45) is 0 Å². The van der Waals surface area contributed by atoms with Gasteiger partial charge in [0.05, 0.1) is 5.02 Å². The molecule has 1 aliphatic heterocycles. The van der Waals surface area contributed by atoms with E-state index >= 15 is 0 Å². The first-order valence-electron chi connectivity index (χ1n) is 10.4. The molecule has 1 atom stereocenters. The maximum Gasteiger partial charge on any atom is 0.491 e. The summed E-state index contributed by atoms with van der Waals surface area (Å²) >= 11 is 6.13. The van der Waals surface area contributed by atoms with E-state index in [1.54, 1.807) is 36.4 Å². The van der Waals surface area contributed by atoms with Crippen LogP contribution in [-0.4, -0.2) is 28.3 Å². The van der Waals surface area contributed by atoms with Crippen LogP contribution in [0.3, 0.4) is 0 Å². The molecule has 0 fully saturated rings. The second-order valence-corrected chi connectivity index (χ2v) is 7.82. The number of aromatic hydroxyl groups is 2. The SMILES string of the molecule is O=C1O[C@@H](c2ccccc2)C/C=C/CC/C=C/C(OC(=O)C(F)(F)F)=C/c2c(Cl)c(O)cc(O)c21. The summed E-state index contributed by atoms with van der Waals surface area (Å²) in [6, 6.07) is 9.59. The number of halogens is 4. The number of rotatable bonds is 2. The molecule has 2 aromatic rings. The number of fused-ring (bicyclic) bond motifs is 1. The van der Waals surface area contributed by atoms with Gasteiger partial charge in [0.25, 0.3) is 0 Å². The number of phenolic OH excluding ortho intramolecular Hbond substituents is 2. The number of hydrogen-bond acceptors (Lipinski definition) is 6. The van der Waals surface area contributed by atoms with Crippen LogP contribution in [0, 0.1) is 0 Å². The van der Waals surface area contributed by atoms with E-state index in [-0.39, 0.29) is 5.56 Å². The summed E-state index contributed by atoms with van der Waals surface area (Å²) in [6.45, 7) is 0. The van der Waals surface area contributed by atoms with Crippen molar-refractivity contribution in [3.05, 3.63) is 88.2 Å². The van der Waals surface area contributed by atoms with Gasteiger partial charge in [-0.2, -0.15) is 13.2 Å². The standard InChI is InChI=1S/C25H20ClF3O6/c26-22-17-13-16(34-24(33)25(27,28)29)11-7-2-1-3-8-12-20(15-9-5-4-6-10-15)35-23(32)21(17)18(30)14-19(22)31/h3-11,13-14,20,30-31H,1-2,12H2/b8-3+,11-7+,16-13-/t20-/m1/s1. The van der Waals surface area contributed by atoms with Crippen LogP contribution in [0.15, 0.2) is 66.5 Å². The van der Waals surface area contributed by atoms with Crippen molar-refractivity contribution in [1.29, 1.82) is 0 Å². The number of esters is 2. The number of cyclic esters (lactones) is 1. The quantitative estimate of drug-likeness (QED) is 0.360. The van der Waals surface area contributed by atoms with Gasteiger partial charge in [-0.3, -0.25) is 0 Å². The fraction of sp³-hybridized carbons (Fsp3) is 0.200. The van der Waals surface area contributed by atoms with Gasteiger partial charge in [-0.1, -0.05) is 60.2 Å².